The average Bonchev–Trinajstić information content (AvgIpc) is 2.09. The summed E-state index contributed by atoms with van der Waals surface area (Å²) in [4.78, 5) is 0. The van der Waals surface area contributed by atoms with E-state index in [-0.39, 0.29) is 0 Å². The molecule has 0 fully saturated rings. The Kier molecular flexibility index (Phi) is 10.0. The minimum Gasteiger partial charge on any atom is -0.346 e. The van der Waals surface area contributed by atoms with Gasteiger partial charge >= 0.3 is 0 Å². The summed E-state index contributed by atoms with van der Waals surface area (Å²) in [5.41, 5.74) is 0. The molecule has 0 amide bonds. The van der Waals surface area contributed by atoms with Crippen LogP contribution in [0.25, 0.3) is 0 Å². The highest BCUT2D eigenvalue weighted by atomic mass is 14.8. The smallest absolute Gasteiger partial charge is 0.0757 e. The van der Waals surface area contributed by atoms with E-state index >= 15 is 0 Å². The second-order valence-electron chi connectivity index (χ2n) is 4.46. The van der Waals surface area contributed by atoms with Gasteiger partial charge in [-0.2, -0.15) is 0 Å². The molecule has 0 atom stereocenters. The van der Waals surface area contributed by atoms with E-state index in [9.17, 15) is 0 Å². The maximum Gasteiger partial charge on any atom is 0.0757 e. The Morgan fingerprint density at radius 1 is 0.923 bits per heavy atom. The van der Waals surface area contributed by atoms with Crippen molar-refractivity contribution in [2.75, 3.05) is 13.1 Å². The van der Waals surface area contributed by atoms with Crippen molar-refractivity contribution in [2.45, 2.75) is 59.3 Å². The molecule has 0 aliphatic heterocycles. The minimum absolute atomic E-state index is 0.872. The molecular weight excluding hydrogens is 158 g/mol. The standard InChI is InChI=1S/C12H27N/c1-4-5-6-7-8-10-13-11-9-12(2)3/h12-13H,4-11H2,1-3H3/p+1. The SMILES string of the molecule is CCCCCCC[NH2+]CCC(C)C. The lowest BCUT2D eigenvalue weighted by atomic mass is 10.1. The molecule has 0 radical (unpaired) electrons. The molecule has 0 heterocycles. The van der Waals surface area contributed by atoms with E-state index in [0.29, 0.717) is 0 Å². The van der Waals surface area contributed by atoms with Gasteiger partial charge in [0.25, 0.3) is 0 Å². The van der Waals surface area contributed by atoms with Crippen LogP contribution >= 0.6 is 0 Å². The molecular formula is C12H28N+. The minimum atomic E-state index is 0.872. The fourth-order valence-corrected chi connectivity index (χ4v) is 1.49. The van der Waals surface area contributed by atoms with Crippen LogP contribution in [0.5, 0.6) is 0 Å². The van der Waals surface area contributed by atoms with Crippen molar-refractivity contribution in [2.24, 2.45) is 5.92 Å². The Balaban J connectivity index is 2.84. The van der Waals surface area contributed by atoms with E-state index in [1.165, 1.54) is 51.6 Å². The van der Waals surface area contributed by atoms with E-state index in [1.54, 1.807) is 0 Å². The van der Waals surface area contributed by atoms with Gasteiger partial charge in [0.1, 0.15) is 0 Å². The van der Waals surface area contributed by atoms with E-state index in [1.807, 2.05) is 0 Å². The van der Waals surface area contributed by atoms with Crippen LogP contribution in [-0.2, 0) is 0 Å². The molecule has 0 aromatic heterocycles. The molecule has 13 heavy (non-hydrogen) atoms. The van der Waals surface area contributed by atoms with Crippen molar-refractivity contribution in [3.05, 3.63) is 0 Å². The third-order valence-corrected chi connectivity index (χ3v) is 2.46. The maximum atomic E-state index is 2.48. The molecule has 0 spiro atoms. The second-order valence-corrected chi connectivity index (χ2v) is 4.46. The van der Waals surface area contributed by atoms with Crippen LogP contribution in [0.4, 0.5) is 0 Å². The topological polar surface area (TPSA) is 16.6 Å². The maximum absolute atomic E-state index is 2.48. The van der Waals surface area contributed by atoms with Gasteiger partial charge in [-0.15, -0.1) is 0 Å². The Labute approximate surface area is 84.3 Å². The average molecular weight is 186 g/mol. The zero-order chi connectivity index (χ0) is 9.94. The normalized spacial score (nSPS) is 11.1. The summed E-state index contributed by atoms with van der Waals surface area (Å²) < 4.78 is 0. The largest absolute Gasteiger partial charge is 0.346 e. The highest BCUT2D eigenvalue weighted by Crippen LogP contribution is 2.00. The van der Waals surface area contributed by atoms with Gasteiger partial charge in [-0.25, -0.2) is 0 Å². The summed E-state index contributed by atoms with van der Waals surface area (Å²) in [5.74, 6) is 0.872. The first-order chi connectivity index (χ1) is 6.27. The number of nitrogens with two attached hydrogens (primary N) is 1. The molecule has 0 saturated carbocycles. The molecule has 0 unspecified atom stereocenters. The lowest BCUT2D eigenvalue weighted by molar-refractivity contribution is -0.656. The summed E-state index contributed by atoms with van der Waals surface area (Å²) in [6.07, 6.45) is 8.44. The summed E-state index contributed by atoms with van der Waals surface area (Å²) in [7, 11) is 0. The van der Waals surface area contributed by atoms with Crippen molar-refractivity contribution in [3.8, 4) is 0 Å². The van der Waals surface area contributed by atoms with Crippen molar-refractivity contribution >= 4 is 0 Å². The van der Waals surface area contributed by atoms with Crippen LogP contribution in [0.2, 0.25) is 0 Å². The lowest BCUT2D eigenvalue weighted by Gasteiger charge is -2.03. The quantitative estimate of drug-likeness (QED) is 0.533. The molecule has 0 aliphatic carbocycles. The Hall–Kier alpha value is -0.0400. The van der Waals surface area contributed by atoms with Gasteiger partial charge in [0, 0.05) is 0 Å². The zero-order valence-corrected chi connectivity index (χ0v) is 9.81. The fraction of sp³-hybridized carbons (Fsp3) is 1.00. The van der Waals surface area contributed by atoms with Gasteiger partial charge in [0.05, 0.1) is 13.1 Å². The molecule has 0 bridgehead atoms. The fourth-order valence-electron chi connectivity index (χ4n) is 1.49. The van der Waals surface area contributed by atoms with Crippen LogP contribution < -0.4 is 5.32 Å². The number of quaternary nitrogens is 1. The van der Waals surface area contributed by atoms with Gasteiger partial charge in [-0.1, -0.05) is 40.0 Å². The first-order valence-corrected chi connectivity index (χ1v) is 6.09. The number of hydrogen-bond acceptors (Lipinski definition) is 0. The summed E-state index contributed by atoms with van der Waals surface area (Å²) in [6, 6.07) is 0. The van der Waals surface area contributed by atoms with E-state index in [0.717, 1.165) is 5.92 Å². The first-order valence-electron chi connectivity index (χ1n) is 6.09. The van der Waals surface area contributed by atoms with Crippen LogP contribution in [-0.4, -0.2) is 13.1 Å². The van der Waals surface area contributed by atoms with Crippen molar-refractivity contribution in [1.82, 2.24) is 0 Å². The van der Waals surface area contributed by atoms with Gasteiger partial charge in [0.15, 0.2) is 0 Å². The molecule has 1 heteroatoms. The first kappa shape index (κ1) is 13.0. The molecule has 2 N–H and O–H groups in total. The van der Waals surface area contributed by atoms with E-state index in [2.05, 4.69) is 26.1 Å². The highest BCUT2D eigenvalue weighted by Gasteiger charge is 1.95. The monoisotopic (exact) mass is 186 g/mol. The predicted octanol–water partition coefficient (Wildman–Crippen LogP) is 2.57. The van der Waals surface area contributed by atoms with Gasteiger partial charge in [0.2, 0.25) is 0 Å². The van der Waals surface area contributed by atoms with Crippen molar-refractivity contribution < 1.29 is 5.32 Å². The van der Waals surface area contributed by atoms with Gasteiger partial charge < -0.3 is 5.32 Å². The van der Waals surface area contributed by atoms with Gasteiger partial charge in [-0.05, 0) is 25.2 Å². The number of hydrogen-bond donors (Lipinski definition) is 1. The molecule has 0 saturated heterocycles. The van der Waals surface area contributed by atoms with Crippen LogP contribution in [0.1, 0.15) is 59.3 Å². The van der Waals surface area contributed by atoms with Gasteiger partial charge in [-0.3, -0.25) is 0 Å². The number of rotatable bonds is 9. The highest BCUT2D eigenvalue weighted by molar-refractivity contribution is 4.41. The Bertz CT molecular complexity index is 89.1. The van der Waals surface area contributed by atoms with Crippen LogP contribution in [0.3, 0.4) is 0 Å². The third-order valence-electron chi connectivity index (χ3n) is 2.46. The zero-order valence-electron chi connectivity index (χ0n) is 9.81. The van der Waals surface area contributed by atoms with Crippen LogP contribution in [0.15, 0.2) is 0 Å². The molecule has 0 rings (SSSR count). The molecule has 0 aliphatic rings. The van der Waals surface area contributed by atoms with Crippen LogP contribution in [0, 0.1) is 5.92 Å². The van der Waals surface area contributed by atoms with Crippen molar-refractivity contribution in [3.63, 3.8) is 0 Å². The molecule has 80 valence electrons. The summed E-state index contributed by atoms with van der Waals surface area (Å²) in [6.45, 7) is 9.54. The lowest BCUT2D eigenvalue weighted by Crippen LogP contribution is -2.84. The summed E-state index contributed by atoms with van der Waals surface area (Å²) >= 11 is 0. The third kappa shape index (κ3) is 12.0. The second kappa shape index (κ2) is 10.0. The molecule has 0 aromatic rings. The van der Waals surface area contributed by atoms with E-state index in [4.69, 9.17) is 0 Å². The summed E-state index contributed by atoms with van der Waals surface area (Å²) in [5, 5.41) is 2.48. The Morgan fingerprint density at radius 2 is 1.62 bits per heavy atom. The molecule has 1 nitrogen and oxygen atoms in total. The predicted molar refractivity (Wildman–Crippen MR) is 59.9 cm³/mol. The number of unbranched alkanes of at least 4 members (excludes halogenated alkanes) is 4. The Morgan fingerprint density at radius 3 is 2.23 bits per heavy atom. The molecule has 0 aromatic carbocycles. The van der Waals surface area contributed by atoms with Crippen molar-refractivity contribution in [1.29, 1.82) is 0 Å². The van der Waals surface area contributed by atoms with E-state index < -0.39 is 0 Å².